The van der Waals surface area contributed by atoms with Gasteiger partial charge in [-0.05, 0) is 31.2 Å². The summed E-state index contributed by atoms with van der Waals surface area (Å²) < 4.78 is 0. The maximum absolute atomic E-state index is 12.7. The SMILES string of the molecule is CC(=O)NC1NNC2CC3NC(=O)N([C@H](C)c4ccccc4)CC3CC21. The predicted octanol–water partition coefficient (Wildman–Crippen LogP) is 1.11. The molecule has 3 amide bonds. The van der Waals surface area contributed by atoms with Crippen LogP contribution in [0, 0.1) is 11.8 Å². The van der Waals surface area contributed by atoms with Gasteiger partial charge in [-0.2, -0.15) is 0 Å². The van der Waals surface area contributed by atoms with Gasteiger partial charge in [-0.15, -0.1) is 0 Å². The number of hydrazine groups is 1. The first-order valence-electron chi connectivity index (χ1n) is 9.43. The monoisotopic (exact) mass is 357 g/mol. The van der Waals surface area contributed by atoms with Crippen LogP contribution in [0.3, 0.4) is 0 Å². The minimum absolute atomic E-state index is 0.0189. The quantitative estimate of drug-likeness (QED) is 0.653. The van der Waals surface area contributed by atoms with Crippen LogP contribution in [0.5, 0.6) is 0 Å². The van der Waals surface area contributed by atoms with Crippen LogP contribution in [0.1, 0.15) is 38.3 Å². The van der Waals surface area contributed by atoms with Gasteiger partial charge < -0.3 is 15.5 Å². The van der Waals surface area contributed by atoms with Crippen LogP contribution in [0.2, 0.25) is 0 Å². The van der Waals surface area contributed by atoms with Crippen LogP contribution < -0.4 is 21.5 Å². The molecule has 4 N–H and O–H groups in total. The third-order valence-corrected chi connectivity index (χ3v) is 6.13. The summed E-state index contributed by atoms with van der Waals surface area (Å²) in [6.45, 7) is 4.38. The molecule has 1 aliphatic carbocycles. The Hall–Kier alpha value is -2.12. The van der Waals surface area contributed by atoms with E-state index >= 15 is 0 Å². The molecular weight excluding hydrogens is 330 g/mol. The highest BCUT2D eigenvalue weighted by molar-refractivity contribution is 5.76. The number of rotatable bonds is 3. The summed E-state index contributed by atoms with van der Waals surface area (Å²) in [5.74, 6) is 0.699. The van der Waals surface area contributed by atoms with Crippen LogP contribution in [0.15, 0.2) is 30.3 Å². The van der Waals surface area contributed by atoms with Crippen LogP contribution >= 0.6 is 0 Å². The zero-order valence-corrected chi connectivity index (χ0v) is 15.2. The zero-order chi connectivity index (χ0) is 18.3. The van der Waals surface area contributed by atoms with E-state index in [-0.39, 0.29) is 36.2 Å². The number of hydrogen-bond acceptors (Lipinski definition) is 4. The predicted molar refractivity (Wildman–Crippen MR) is 97.8 cm³/mol. The van der Waals surface area contributed by atoms with Gasteiger partial charge in [0.15, 0.2) is 0 Å². The van der Waals surface area contributed by atoms with Crippen molar-refractivity contribution >= 4 is 11.9 Å². The lowest BCUT2D eigenvalue weighted by atomic mass is 9.73. The Balaban J connectivity index is 1.47. The van der Waals surface area contributed by atoms with Crippen LogP contribution in [-0.2, 0) is 4.79 Å². The fourth-order valence-electron chi connectivity index (χ4n) is 4.72. The van der Waals surface area contributed by atoms with Crippen molar-refractivity contribution in [2.45, 2.75) is 51.0 Å². The largest absolute Gasteiger partial charge is 0.339 e. The van der Waals surface area contributed by atoms with Gasteiger partial charge >= 0.3 is 6.03 Å². The maximum Gasteiger partial charge on any atom is 0.318 e. The third-order valence-electron chi connectivity index (χ3n) is 6.13. The first-order chi connectivity index (χ1) is 12.5. The van der Waals surface area contributed by atoms with Crippen molar-refractivity contribution < 1.29 is 9.59 Å². The van der Waals surface area contributed by atoms with Gasteiger partial charge in [0.1, 0.15) is 0 Å². The van der Waals surface area contributed by atoms with Crippen molar-refractivity contribution in [1.29, 1.82) is 0 Å². The number of urea groups is 1. The van der Waals surface area contributed by atoms with Gasteiger partial charge in [-0.3, -0.25) is 10.2 Å². The zero-order valence-electron chi connectivity index (χ0n) is 15.2. The molecule has 7 nitrogen and oxygen atoms in total. The molecule has 2 saturated heterocycles. The van der Waals surface area contributed by atoms with E-state index in [0.717, 1.165) is 24.9 Å². The van der Waals surface area contributed by atoms with E-state index in [2.05, 4.69) is 40.5 Å². The summed E-state index contributed by atoms with van der Waals surface area (Å²) in [7, 11) is 0. The Bertz CT molecular complexity index is 682. The molecule has 4 rings (SSSR count). The number of nitrogens with one attached hydrogen (secondary N) is 4. The van der Waals surface area contributed by atoms with E-state index in [1.54, 1.807) is 6.92 Å². The summed E-state index contributed by atoms with van der Waals surface area (Å²) in [6.07, 6.45) is 1.81. The second-order valence-corrected chi connectivity index (χ2v) is 7.76. The number of amides is 3. The molecule has 6 atom stereocenters. The minimum Gasteiger partial charge on any atom is -0.339 e. The highest BCUT2D eigenvalue weighted by atomic mass is 16.2. The lowest BCUT2D eigenvalue weighted by molar-refractivity contribution is -0.120. The maximum atomic E-state index is 12.7. The molecule has 0 spiro atoms. The molecule has 3 aliphatic rings. The average molecular weight is 357 g/mol. The molecule has 26 heavy (non-hydrogen) atoms. The number of carbonyl (C=O) groups is 2. The molecule has 0 bridgehead atoms. The second-order valence-electron chi connectivity index (χ2n) is 7.76. The number of carbonyl (C=O) groups excluding carboxylic acids is 2. The molecule has 0 aromatic heterocycles. The van der Waals surface area contributed by atoms with E-state index < -0.39 is 0 Å². The number of hydrogen-bond donors (Lipinski definition) is 4. The molecule has 1 aromatic carbocycles. The van der Waals surface area contributed by atoms with E-state index in [9.17, 15) is 9.59 Å². The van der Waals surface area contributed by atoms with Gasteiger partial charge in [0.2, 0.25) is 5.91 Å². The third kappa shape index (κ3) is 3.17. The standard InChI is InChI=1S/C19H27N5O2/c1-11(13-6-4-3-5-7-13)24-10-14-8-15-17(9-16(14)21-19(24)26)22-23-18(15)20-12(2)25/h3-7,11,14-18,22-23H,8-10H2,1-2H3,(H,20,25)(H,21,26)/t11-,14?,15?,16?,17?,18?/m1/s1. The Kier molecular flexibility index (Phi) is 4.58. The minimum atomic E-state index is -0.0453. The van der Waals surface area contributed by atoms with Crippen molar-refractivity contribution in [1.82, 2.24) is 26.4 Å². The molecule has 2 heterocycles. The Labute approximate surface area is 153 Å². The van der Waals surface area contributed by atoms with Gasteiger partial charge in [-0.1, -0.05) is 30.3 Å². The Morgan fingerprint density at radius 3 is 2.69 bits per heavy atom. The smallest absolute Gasteiger partial charge is 0.318 e. The van der Waals surface area contributed by atoms with Gasteiger partial charge in [0.25, 0.3) is 0 Å². The van der Waals surface area contributed by atoms with Crippen molar-refractivity contribution in [3.05, 3.63) is 35.9 Å². The summed E-state index contributed by atoms with van der Waals surface area (Å²) >= 11 is 0. The van der Waals surface area contributed by atoms with Crippen LogP contribution in [-0.4, -0.2) is 41.6 Å². The summed E-state index contributed by atoms with van der Waals surface area (Å²) in [6, 6.07) is 10.7. The molecule has 1 saturated carbocycles. The normalized spacial score (nSPS) is 34.5. The molecule has 5 unspecified atom stereocenters. The lowest BCUT2D eigenvalue weighted by Crippen LogP contribution is -2.61. The Morgan fingerprint density at radius 1 is 1.19 bits per heavy atom. The molecule has 140 valence electrons. The van der Waals surface area contributed by atoms with Crippen molar-refractivity contribution in [2.24, 2.45) is 11.8 Å². The highest BCUT2D eigenvalue weighted by Gasteiger charge is 2.48. The van der Waals surface area contributed by atoms with Gasteiger partial charge in [-0.25, -0.2) is 10.2 Å². The van der Waals surface area contributed by atoms with Crippen molar-refractivity contribution in [3.8, 4) is 0 Å². The average Bonchev–Trinajstić information content (AvgIpc) is 3.00. The molecule has 7 heteroatoms. The second kappa shape index (κ2) is 6.89. The number of fused-ring (bicyclic) bond motifs is 2. The fourth-order valence-corrected chi connectivity index (χ4v) is 4.72. The molecule has 1 aromatic rings. The molecule has 2 aliphatic heterocycles. The number of nitrogens with zero attached hydrogens (tertiary/aromatic N) is 1. The molecule has 0 radical (unpaired) electrons. The van der Waals surface area contributed by atoms with Crippen molar-refractivity contribution in [3.63, 3.8) is 0 Å². The van der Waals surface area contributed by atoms with E-state index in [1.807, 2.05) is 23.1 Å². The lowest BCUT2D eigenvalue weighted by Gasteiger charge is -2.47. The number of benzene rings is 1. The van der Waals surface area contributed by atoms with Gasteiger partial charge in [0.05, 0.1) is 12.2 Å². The van der Waals surface area contributed by atoms with Crippen molar-refractivity contribution in [2.75, 3.05) is 6.54 Å². The topological polar surface area (TPSA) is 85.5 Å². The van der Waals surface area contributed by atoms with E-state index in [1.165, 1.54) is 0 Å². The summed E-state index contributed by atoms with van der Waals surface area (Å²) in [5, 5.41) is 6.21. The van der Waals surface area contributed by atoms with Crippen LogP contribution in [0.4, 0.5) is 4.79 Å². The van der Waals surface area contributed by atoms with Crippen LogP contribution in [0.25, 0.3) is 0 Å². The molecule has 3 fully saturated rings. The summed E-state index contributed by atoms with van der Waals surface area (Å²) in [5.41, 5.74) is 7.64. The van der Waals surface area contributed by atoms with E-state index in [4.69, 9.17) is 0 Å². The molecular formula is C19H27N5O2. The first kappa shape index (κ1) is 17.3. The fraction of sp³-hybridized carbons (Fsp3) is 0.579. The highest BCUT2D eigenvalue weighted by Crippen LogP contribution is 2.37. The van der Waals surface area contributed by atoms with E-state index in [0.29, 0.717) is 11.8 Å². The summed E-state index contributed by atoms with van der Waals surface area (Å²) in [4.78, 5) is 26.1. The first-order valence-corrected chi connectivity index (χ1v) is 9.43. The Morgan fingerprint density at radius 2 is 1.96 bits per heavy atom. The van der Waals surface area contributed by atoms with Gasteiger partial charge in [0, 0.05) is 31.5 Å².